The molecule has 3 nitrogen and oxygen atoms in total. The Morgan fingerprint density at radius 1 is 1.11 bits per heavy atom. The number of ether oxygens (including phenoxy) is 1. The van der Waals surface area contributed by atoms with E-state index in [-0.39, 0.29) is 17.5 Å². The van der Waals surface area contributed by atoms with Crippen LogP contribution in [0.3, 0.4) is 0 Å². The fraction of sp³-hybridized carbons (Fsp3) is 0.533. The molecule has 0 saturated heterocycles. The van der Waals surface area contributed by atoms with Crippen LogP contribution in [0.4, 0.5) is 0 Å². The van der Waals surface area contributed by atoms with Gasteiger partial charge in [-0.3, -0.25) is 4.79 Å². The molecule has 0 aromatic carbocycles. The first-order valence-corrected chi connectivity index (χ1v) is 6.46. The van der Waals surface area contributed by atoms with Gasteiger partial charge in [0.1, 0.15) is 5.60 Å². The predicted octanol–water partition coefficient (Wildman–Crippen LogP) is 3.30. The molecule has 2 aliphatic rings. The molecule has 0 radical (unpaired) electrons. The van der Waals surface area contributed by atoms with Crippen molar-refractivity contribution in [2.75, 3.05) is 0 Å². The summed E-state index contributed by atoms with van der Waals surface area (Å²) in [5.41, 5.74) is -0.313. The van der Waals surface area contributed by atoms with E-state index < -0.39 is 0 Å². The van der Waals surface area contributed by atoms with Crippen molar-refractivity contribution < 1.29 is 9.53 Å². The van der Waals surface area contributed by atoms with E-state index in [0.29, 0.717) is 0 Å². The Morgan fingerprint density at radius 2 is 1.67 bits per heavy atom. The molecule has 1 saturated carbocycles. The molecule has 0 bridgehead atoms. The van der Waals surface area contributed by atoms with E-state index in [1.54, 1.807) is 0 Å². The molecule has 1 aliphatic carbocycles. The van der Waals surface area contributed by atoms with E-state index in [1.807, 2.05) is 57.5 Å². The summed E-state index contributed by atoms with van der Waals surface area (Å²) in [6.45, 7) is 5.72. The minimum absolute atomic E-state index is 0.0104. The zero-order valence-corrected chi connectivity index (χ0v) is 11.5. The summed E-state index contributed by atoms with van der Waals surface area (Å²) in [6.07, 6.45) is 14.8. The quantitative estimate of drug-likeness (QED) is 0.725. The Kier molecular flexibility index (Phi) is 5.69. The van der Waals surface area contributed by atoms with E-state index in [9.17, 15) is 4.79 Å². The molecule has 1 heterocycles. The molecule has 1 fully saturated rings. The maximum absolute atomic E-state index is 11.2. The first-order valence-electron chi connectivity index (χ1n) is 6.46. The lowest BCUT2D eigenvalue weighted by molar-refractivity contribution is -0.162. The highest BCUT2D eigenvalue weighted by molar-refractivity contribution is 5.73. The first-order chi connectivity index (χ1) is 8.49. The van der Waals surface area contributed by atoms with Crippen LogP contribution in [0.5, 0.6) is 0 Å². The van der Waals surface area contributed by atoms with Gasteiger partial charge >= 0.3 is 5.97 Å². The third-order valence-electron chi connectivity index (χ3n) is 2.56. The summed E-state index contributed by atoms with van der Waals surface area (Å²) in [7, 11) is 0. The normalized spacial score (nSPS) is 17.9. The van der Waals surface area contributed by atoms with E-state index in [4.69, 9.17) is 4.74 Å². The summed E-state index contributed by atoms with van der Waals surface area (Å²) < 4.78 is 5.20. The number of rotatable bonds is 1. The molecule has 0 unspecified atom stereocenters. The van der Waals surface area contributed by atoms with Crippen molar-refractivity contribution in [2.24, 2.45) is 5.92 Å². The lowest BCUT2D eigenvalue weighted by Crippen LogP contribution is -2.31. The zero-order valence-electron chi connectivity index (χ0n) is 11.5. The summed E-state index contributed by atoms with van der Waals surface area (Å²) >= 11 is 0. The van der Waals surface area contributed by atoms with Gasteiger partial charge in [0.05, 0.1) is 5.92 Å². The first kappa shape index (κ1) is 14.6. The van der Waals surface area contributed by atoms with Crippen LogP contribution in [-0.2, 0) is 9.53 Å². The van der Waals surface area contributed by atoms with Crippen molar-refractivity contribution in [3.63, 3.8) is 0 Å². The molecule has 0 aromatic heterocycles. The largest absolute Gasteiger partial charge is 0.460 e. The molecule has 2 rings (SSSR count). The van der Waals surface area contributed by atoms with Crippen LogP contribution in [0, 0.1) is 5.92 Å². The SMILES string of the molecule is C1=CC=CNC=C1.CC(C)(C)OC(=O)C1CCC1. The van der Waals surface area contributed by atoms with Crippen LogP contribution in [-0.4, -0.2) is 11.6 Å². The van der Waals surface area contributed by atoms with Crippen LogP contribution in [0.2, 0.25) is 0 Å². The third kappa shape index (κ3) is 6.28. The maximum Gasteiger partial charge on any atom is 0.309 e. The van der Waals surface area contributed by atoms with Crippen LogP contribution in [0.1, 0.15) is 40.0 Å². The topological polar surface area (TPSA) is 38.3 Å². The van der Waals surface area contributed by atoms with Crippen molar-refractivity contribution in [1.82, 2.24) is 5.32 Å². The fourth-order valence-electron chi connectivity index (χ4n) is 1.44. The van der Waals surface area contributed by atoms with Crippen LogP contribution < -0.4 is 5.32 Å². The van der Waals surface area contributed by atoms with Crippen molar-refractivity contribution >= 4 is 5.97 Å². The molecule has 0 amide bonds. The number of carbonyl (C=O) groups is 1. The maximum atomic E-state index is 11.2. The van der Waals surface area contributed by atoms with Crippen molar-refractivity contribution in [2.45, 2.75) is 45.6 Å². The smallest absolute Gasteiger partial charge is 0.309 e. The second-order valence-corrected chi connectivity index (χ2v) is 5.43. The third-order valence-corrected chi connectivity index (χ3v) is 2.56. The van der Waals surface area contributed by atoms with Gasteiger partial charge in [-0.05, 0) is 45.8 Å². The van der Waals surface area contributed by atoms with Crippen LogP contribution >= 0.6 is 0 Å². The van der Waals surface area contributed by atoms with Gasteiger partial charge in [0, 0.05) is 12.4 Å². The van der Waals surface area contributed by atoms with Gasteiger partial charge in [-0.25, -0.2) is 0 Å². The lowest BCUT2D eigenvalue weighted by atomic mass is 9.85. The van der Waals surface area contributed by atoms with Gasteiger partial charge in [0.2, 0.25) is 0 Å². The molecular weight excluding hydrogens is 226 g/mol. The van der Waals surface area contributed by atoms with Gasteiger partial charge in [-0.2, -0.15) is 0 Å². The molecule has 3 heteroatoms. The van der Waals surface area contributed by atoms with E-state index in [0.717, 1.165) is 12.8 Å². The molecule has 100 valence electrons. The Balaban J connectivity index is 0.000000199. The zero-order chi connectivity index (χ0) is 13.4. The van der Waals surface area contributed by atoms with E-state index in [2.05, 4.69) is 5.32 Å². The van der Waals surface area contributed by atoms with Gasteiger partial charge in [-0.15, -0.1) is 0 Å². The Bertz CT molecular complexity index is 330. The second kappa shape index (κ2) is 7.04. The predicted molar refractivity (Wildman–Crippen MR) is 73.7 cm³/mol. The van der Waals surface area contributed by atoms with Gasteiger partial charge in [-0.1, -0.05) is 18.6 Å². The highest BCUT2D eigenvalue weighted by Crippen LogP contribution is 2.28. The number of esters is 1. The van der Waals surface area contributed by atoms with Crippen LogP contribution in [0.25, 0.3) is 0 Å². The highest BCUT2D eigenvalue weighted by Gasteiger charge is 2.29. The molecule has 0 spiro atoms. The Hall–Kier alpha value is -1.51. The summed E-state index contributed by atoms with van der Waals surface area (Å²) in [5.74, 6) is 0.193. The van der Waals surface area contributed by atoms with Gasteiger partial charge in [0.15, 0.2) is 0 Å². The number of allylic oxidation sites excluding steroid dienone is 4. The van der Waals surface area contributed by atoms with Gasteiger partial charge < -0.3 is 10.1 Å². The minimum atomic E-state index is -0.313. The monoisotopic (exact) mass is 249 g/mol. The highest BCUT2D eigenvalue weighted by atomic mass is 16.6. The number of carbonyl (C=O) groups excluding carboxylic acids is 1. The van der Waals surface area contributed by atoms with Crippen molar-refractivity contribution in [1.29, 1.82) is 0 Å². The molecule has 1 N–H and O–H groups in total. The Labute approximate surface area is 110 Å². The van der Waals surface area contributed by atoms with E-state index in [1.165, 1.54) is 6.42 Å². The van der Waals surface area contributed by atoms with Crippen molar-refractivity contribution in [3.8, 4) is 0 Å². The fourth-order valence-corrected chi connectivity index (χ4v) is 1.44. The average molecular weight is 249 g/mol. The molecule has 1 aliphatic heterocycles. The lowest BCUT2D eigenvalue weighted by Gasteiger charge is -2.28. The number of nitrogens with one attached hydrogen (secondary N) is 1. The summed E-state index contributed by atoms with van der Waals surface area (Å²) in [4.78, 5) is 11.2. The van der Waals surface area contributed by atoms with Crippen molar-refractivity contribution in [3.05, 3.63) is 36.7 Å². The molecule has 0 aromatic rings. The second-order valence-electron chi connectivity index (χ2n) is 5.43. The van der Waals surface area contributed by atoms with Crippen LogP contribution in [0.15, 0.2) is 36.7 Å². The minimum Gasteiger partial charge on any atom is -0.460 e. The molecule has 18 heavy (non-hydrogen) atoms. The average Bonchev–Trinajstić information content (AvgIpc) is 2.42. The number of hydrogen-bond donors (Lipinski definition) is 1. The summed E-state index contributed by atoms with van der Waals surface area (Å²) in [5, 5.41) is 2.92. The van der Waals surface area contributed by atoms with Gasteiger partial charge in [0.25, 0.3) is 0 Å². The standard InChI is InChI=1S/C9H16O2.C6H7N/c1-9(2,3)11-8(10)7-5-4-6-7;1-2-4-6-7-5-3-1/h7H,4-6H2,1-3H3;1-7H. The van der Waals surface area contributed by atoms with E-state index >= 15 is 0 Å². The Morgan fingerprint density at radius 3 is 2.06 bits per heavy atom. The molecular formula is C15H23NO2. The summed E-state index contributed by atoms with van der Waals surface area (Å²) in [6, 6.07) is 0. The number of hydrogen-bond acceptors (Lipinski definition) is 3. The molecule has 0 atom stereocenters.